The van der Waals surface area contributed by atoms with Gasteiger partial charge in [-0.15, -0.1) is 0 Å². The lowest BCUT2D eigenvalue weighted by Gasteiger charge is -2.41. The van der Waals surface area contributed by atoms with Gasteiger partial charge in [0, 0.05) is 24.0 Å². The lowest BCUT2D eigenvalue weighted by atomic mass is 9.69. The largest absolute Gasteiger partial charge is 0.432 e. The van der Waals surface area contributed by atoms with E-state index in [0.717, 1.165) is 45.3 Å². The molecule has 3 aliphatic rings. The molecular weight excluding hydrogens is 639 g/mol. The molecule has 5 rings (SSSR count). The maximum absolute atomic E-state index is 15.2. The first-order valence-corrected chi connectivity index (χ1v) is 16.6. The maximum Gasteiger partial charge on any atom is 0.422 e. The quantitative estimate of drug-likeness (QED) is 0.185. The molecule has 2 saturated carbocycles. The van der Waals surface area contributed by atoms with Crippen molar-refractivity contribution in [3.63, 3.8) is 0 Å². The molecule has 0 bridgehead atoms. The second-order valence-corrected chi connectivity index (χ2v) is 13.4. The van der Waals surface area contributed by atoms with E-state index in [9.17, 15) is 30.7 Å². The van der Waals surface area contributed by atoms with Crippen LogP contribution in [0.15, 0.2) is 24.3 Å². The van der Waals surface area contributed by atoms with Crippen LogP contribution >= 0.6 is 0 Å². The van der Waals surface area contributed by atoms with E-state index < -0.39 is 63.9 Å². The molecule has 0 aromatic heterocycles. The molecule has 1 heterocycles. The highest BCUT2D eigenvalue weighted by molar-refractivity contribution is 5.66. The zero-order chi connectivity index (χ0) is 33.9. The van der Waals surface area contributed by atoms with Crippen LogP contribution in [0.1, 0.15) is 89.5 Å². The Bertz CT molecular complexity index is 1290. The predicted octanol–water partition coefficient (Wildman–Crippen LogP) is 11.1. The van der Waals surface area contributed by atoms with E-state index in [2.05, 4.69) is 6.92 Å². The van der Waals surface area contributed by atoms with Crippen LogP contribution < -0.4 is 4.74 Å². The summed E-state index contributed by atoms with van der Waals surface area (Å²) in [5.74, 6) is -7.72. The highest BCUT2D eigenvalue weighted by Crippen LogP contribution is 2.47. The number of halogens is 9. The van der Waals surface area contributed by atoms with Gasteiger partial charge in [-0.3, -0.25) is 0 Å². The normalized spacial score (nSPS) is 27.5. The lowest BCUT2D eigenvalue weighted by molar-refractivity contribution is -0.232. The molecule has 0 amide bonds. The van der Waals surface area contributed by atoms with E-state index in [1.807, 2.05) is 0 Å². The minimum Gasteiger partial charge on any atom is -0.432 e. The second-order valence-electron chi connectivity index (χ2n) is 13.4. The number of hydrogen-bond donors (Lipinski definition) is 0. The highest BCUT2D eigenvalue weighted by atomic mass is 19.4. The van der Waals surface area contributed by atoms with Gasteiger partial charge in [0.2, 0.25) is 0 Å². The highest BCUT2D eigenvalue weighted by Gasteiger charge is 2.46. The molecule has 2 aliphatic carbocycles. The van der Waals surface area contributed by atoms with Crippen molar-refractivity contribution in [3.8, 4) is 16.9 Å². The van der Waals surface area contributed by atoms with Gasteiger partial charge in [0.15, 0.2) is 6.29 Å². The van der Waals surface area contributed by atoms with Crippen molar-refractivity contribution in [2.75, 3.05) is 13.2 Å². The average molecular weight is 681 g/mol. The number of hydrogen-bond acceptors (Lipinski definition) is 3. The van der Waals surface area contributed by atoms with Crippen molar-refractivity contribution in [2.45, 2.75) is 103 Å². The molecule has 12 heteroatoms. The van der Waals surface area contributed by atoms with Crippen LogP contribution in [0.5, 0.6) is 5.75 Å². The third kappa shape index (κ3) is 8.58. The first kappa shape index (κ1) is 35.8. The lowest BCUT2D eigenvalue weighted by Crippen LogP contribution is -2.40. The fraction of sp³-hybridized carbons (Fsp3) is 0.657. The predicted molar refractivity (Wildman–Crippen MR) is 157 cm³/mol. The van der Waals surface area contributed by atoms with E-state index in [-0.39, 0.29) is 37.2 Å². The standard InChI is InChI=1S/C35H41F9O3/c1-2-3-4-5-20-18-45-33(46-19-20)23-8-6-21(7-9-23)22-10-12-25(13-11-22)35(43,44)47-26-16-27(36)31(28(37)17-26)24-14-29(38)32(30(39)15-24)34(40,41)42/h14-17,20-23,25,33H,2-13,18-19H2,1H3. The van der Waals surface area contributed by atoms with Crippen LogP contribution in [0, 0.1) is 52.9 Å². The van der Waals surface area contributed by atoms with E-state index in [0.29, 0.717) is 42.7 Å². The molecule has 1 aliphatic heterocycles. The molecular formula is C35H41F9O3. The average Bonchev–Trinajstić information content (AvgIpc) is 3.00. The smallest absolute Gasteiger partial charge is 0.422 e. The van der Waals surface area contributed by atoms with Crippen molar-refractivity contribution in [1.82, 2.24) is 0 Å². The van der Waals surface area contributed by atoms with Crippen molar-refractivity contribution in [1.29, 1.82) is 0 Å². The molecule has 0 atom stereocenters. The van der Waals surface area contributed by atoms with Gasteiger partial charge in [-0.2, -0.15) is 22.0 Å². The number of rotatable bonds is 10. The summed E-state index contributed by atoms with van der Waals surface area (Å²) in [5.41, 5.74) is -4.15. The Morgan fingerprint density at radius 1 is 0.681 bits per heavy atom. The molecule has 3 fully saturated rings. The van der Waals surface area contributed by atoms with Gasteiger partial charge >= 0.3 is 12.3 Å². The molecule has 47 heavy (non-hydrogen) atoms. The molecule has 1 saturated heterocycles. The monoisotopic (exact) mass is 680 g/mol. The first-order valence-electron chi connectivity index (χ1n) is 16.6. The van der Waals surface area contributed by atoms with Crippen LogP contribution in [0.3, 0.4) is 0 Å². The van der Waals surface area contributed by atoms with Crippen molar-refractivity contribution in [3.05, 3.63) is 53.1 Å². The third-order valence-electron chi connectivity index (χ3n) is 10.2. The van der Waals surface area contributed by atoms with Gasteiger partial charge < -0.3 is 14.2 Å². The van der Waals surface area contributed by atoms with Gasteiger partial charge in [0.05, 0.1) is 24.7 Å². The van der Waals surface area contributed by atoms with E-state index in [1.54, 1.807) is 0 Å². The van der Waals surface area contributed by atoms with Crippen molar-refractivity contribution in [2.24, 2.45) is 29.6 Å². The summed E-state index contributed by atoms with van der Waals surface area (Å²) in [7, 11) is 0. The summed E-state index contributed by atoms with van der Waals surface area (Å²) in [6, 6.07) is 1.12. The van der Waals surface area contributed by atoms with Crippen LogP contribution in [-0.4, -0.2) is 25.6 Å². The molecule has 0 unspecified atom stereocenters. The second kappa shape index (κ2) is 15.0. The number of benzene rings is 2. The van der Waals surface area contributed by atoms with Gasteiger partial charge in [-0.25, -0.2) is 17.6 Å². The number of ether oxygens (including phenoxy) is 3. The third-order valence-corrected chi connectivity index (χ3v) is 10.2. The van der Waals surface area contributed by atoms with Gasteiger partial charge in [-0.1, -0.05) is 26.2 Å². The molecule has 2 aromatic carbocycles. The molecule has 3 nitrogen and oxygen atoms in total. The van der Waals surface area contributed by atoms with Gasteiger partial charge in [0.25, 0.3) is 0 Å². The Hall–Kier alpha value is -2.47. The molecule has 0 radical (unpaired) electrons. The summed E-state index contributed by atoms with van der Waals surface area (Å²) in [6.07, 6.45) is 0.782. The zero-order valence-corrected chi connectivity index (χ0v) is 26.3. The molecule has 0 spiro atoms. The SMILES string of the molecule is CCCCCC1COC(C2CCC(C3CCC(C(F)(F)Oc4cc(F)c(-c5cc(F)c(C(F)(F)F)c(F)c5)c(F)c4)CC3)CC2)OC1. The van der Waals surface area contributed by atoms with E-state index in [4.69, 9.17) is 14.2 Å². The van der Waals surface area contributed by atoms with Crippen LogP contribution in [0.25, 0.3) is 11.1 Å². The maximum atomic E-state index is 15.2. The van der Waals surface area contributed by atoms with Crippen LogP contribution in [-0.2, 0) is 15.7 Å². The summed E-state index contributed by atoms with van der Waals surface area (Å²) in [4.78, 5) is 0. The van der Waals surface area contributed by atoms with Gasteiger partial charge in [-0.05, 0) is 87.3 Å². The van der Waals surface area contributed by atoms with E-state index >= 15 is 8.78 Å². The molecule has 0 N–H and O–H groups in total. The Morgan fingerprint density at radius 3 is 1.70 bits per heavy atom. The van der Waals surface area contributed by atoms with Crippen molar-refractivity contribution >= 4 is 0 Å². The van der Waals surface area contributed by atoms with Gasteiger partial charge in [0.1, 0.15) is 34.6 Å². The van der Waals surface area contributed by atoms with Crippen LogP contribution in [0.4, 0.5) is 39.5 Å². The summed E-state index contributed by atoms with van der Waals surface area (Å²) < 4.78 is 144. The number of alkyl halides is 5. The minimum absolute atomic E-state index is 0.134. The summed E-state index contributed by atoms with van der Waals surface area (Å²) in [5, 5.41) is 0. The molecule has 2 aromatic rings. The summed E-state index contributed by atoms with van der Waals surface area (Å²) >= 11 is 0. The summed E-state index contributed by atoms with van der Waals surface area (Å²) in [6.45, 7) is 3.65. The Kier molecular flexibility index (Phi) is 11.4. The Balaban J connectivity index is 1.12. The fourth-order valence-corrected chi connectivity index (χ4v) is 7.61. The van der Waals surface area contributed by atoms with Crippen LogP contribution in [0.2, 0.25) is 0 Å². The number of unbranched alkanes of at least 4 members (excludes halogenated alkanes) is 2. The van der Waals surface area contributed by atoms with E-state index in [1.165, 1.54) is 19.3 Å². The fourth-order valence-electron chi connectivity index (χ4n) is 7.61. The Morgan fingerprint density at radius 2 is 1.19 bits per heavy atom. The minimum atomic E-state index is -5.37. The topological polar surface area (TPSA) is 27.7 Å². The molecule has 262 valence electrons. The first-order chi connectivity index (χ1) is 22.3. The Labute approximate surface area is 269 Å². The van der Waals surface area contributed by atoms with Crippen molar-refractivity contribution < 1.29 is 53.7 Å². The zero-order valence-electron chi connectivity index (χ0n) is 26.3.